The van der Waals surface area contributed by atoms with E-state index in [0.717, 1.165) is 29.3 Å². The van der Waals surface area contributed by atoms with Gasteiger partial charge in [0.2, 0.25) is 11.8 Å². The summed E-state index contributed by atoms with van der Waals surface area (Å²) in [7, 11) is 0. The Morgan fingerprint density at radius 3 is 3.00 bits per heavy atom. The number of amides is 1. The maximum atomic E-state index is 12.0. The van der Waals surface area contributed by atoms with Crippen LogP contribution in [-0.2, 0) is 11.2 Å². The van der Waals surface area contributed by atoms with Crippen molar-refractivity contribution in [3.05, 3.63) is 41.8 Å². The summed E-state index contributed by atoms with van der Waals surface area (Å²) in [6, 6.07) is 8.38. The first kappa shape index (κ1) is 17.0. The maximum Gasteiger partial charge on any atom is 0.226 e. The number of rotatable bonds is 6. The zero-order chi connectivity index (χ0) is 16.8. The highest BCUT2D eigenvalue weighted by Gasteiger charge is 2.16. The van der Waals surface area contributed by atoms with Gasteiger partial charge in [-0.25, -0.2) is 4.98 Å². The second kappa shape index (κ2) is 8.35. The Bertz CT molecular complexity index is 663. The van der Waals surface area contributed by atoms with Crippen LogP contribution in [0.2, 0.25) is 0 Å². The third-order valence-corrected chi connectivity index (χ3v) is 5.11. The second-order valence-corrected chi connectivity index (χ2v) is 7.19. The number of aromatic nitrogens is 1. The number of hydrogen-bond acceptors (Lipinski definition) is 5. The lowest BCUT2D eigenvalue weighted by Crippen LogP contribution is -2.41. The Labute approximate surface area is 146 Å². The van der Waals surface area contributed by atoms with Gasteiger partial charge in [0, 0.05) is 49.0 Å². The quantitative estimate of drug-likeness (QED) is 0.841. The number of nitrogens with one attached hydrogen (secondary N) is 2. The van der Waals surface area contributed by atoms with Gasteiger partial charge >= 0.3 is 0 Å². The summed E-state index contributed by atoms with van der Waals surface area (Å²) in [5.74, 6) is 2.86. The van der Waals surface area contributed by atoms with Crippen LogP contribution < -0.4 is 10.6 Å². The highest BCUT2D eigenvalue weighted by molar-refractivity contribution is 7.99. The molecule has 1 unspecified atom stereocenters. The molecule has 1 saturated heterocycles. The molecule has 1 atom stereocenters. The number of carbonyl (C=O) groups excluding carboxylic acids is 1. The van der Waals surface area contributed by atoms with E-state index < -0.39 is 0 Å². The highest BCUT2D eigenvalue weighted by atomic mass is 32.2. The van der Waals surface area contributed by atoms with E-state index in [2.05, 4.69) is 22.5 Å². The lowest BCUT2D eigenvalue weighted by molar-refractivity contribution is -0.121. The lowest BCUT2D eigenvalue weighted by Gasteiger charge is -2.22. The average Bonchev–Trinajstić information content (AvgIpc) is 3.05. The average molecular weight is 345 g/mol. The van der Waals surface area contributed by atoms with E-state index in [9.17, 15) is 4.79 Å². The summed E-state index contributed by atoms with van der Waals surface area (Å²) in [6.07, 6.45) is 2.88. The maximum absolute atomic E-state index is 12.0. The first-order valence-electron chi connectivity index (χ1n) is 8.30. The third kappa shape index (κ3) is 4.85. The SMILES string of the molecule is Cc1ccc(-c2nc(CCNC(=O)CC3CSCCN3)co2)cc1. The van der Waals surface area contributed by atoms with Crippen molar-refractivity contribution < 1.29 is 9.21 Å². The van der Waals surface area contributed by atoms with Gasteiger partial charge in [0.05, 0.1) is 5.69 Å². The molecule has 6 heteroatoms. The van der Waals surface area contributed by atoms with E-state index in [-0.39, 0.29) is 5.91 Å². The van der Waals surface area contributed by atoms with Crippen molar-refractivity contribution in [2.45, 2.75) is 25.8 Å². The molecule has 0 bridgehead atoms. The van der Waals surface area contributed by atoms with Gasteiger partial charge in [-0.1, -0.05) is 17.7 Å². The molecule has 2 heterocycles. The van der Waals surface area contributed by atoms with Crippen LogP contribution in [-0.4, -0.2) is 41.5 Å². The van der Waals surface area contributed by atoms with E-state index in [4.69, 9.17) is 4.42 Å². The van der Waals surface area contributed by atoms with Crippen LogP contribution in [0.5, 0.6) is 0 Å². The molecule has 128 valence electrons. The molecule has 3 rings (SSSR count). The van der Waals surface area contributed by atoms with Crippen LogP contribution >= 0.6 is 11.8 Å². The standard InChI is InChI=1S/C18H23N3O2S/c1-13-2-4-14(5-3-13)18-21-15(11-23-18)6-7-20-17(22)10-16-12-24-9-8-19-16/h2-5,11,16,19H,6-10,12H2,1H3,(H,20,22). The molecule has 1 fully saturated rings. The minimum absolute atomic E-state index is 0.0947. The van der Waals surface area contributed by atoms with Crippen molar-refractivity contribution in [1.29, 1.82) is 0 Å². The van der Waals surface area contributed by atoms with Crippen molar-refractivity contribution in [2.75, 3.05) is 24.6 Å². The number of hydrogen-bond donors (Lipinski definition) is 2. The fraction of sp³-hybridized carbons (Fsp3) is 0.444. The third-order valence-electron chi connectivity index (χ3n) is 3.98. The molecule has 0 spiro atoms. The Hall–Kier alpha value is -1.79. The van der Waals surface area contributed by atoms with Crippen LogP contribution in [0.3, 0.4) is 0 Å². The first-order chi connectivity index (χ1) is 11.7. The van der Waals surface area contributed by atoms with Crippen LogP contribution in [0.15, 0.2) is 34.9 Å². The zero-order valence-corrected chi connectivity index (χ0v) is 14.7. The molecule has 5 nitrogen and oxygen atoms in total. The molecule has 2 N–H and O–H groups in total. The summed E-state index contributed by atoms with van der Waals surface area (Å²) >= 11 is 1.90. The summed E-state index contributed by atoms with van der Waals surface area (Å²) in [5.41, 5.74) is 3.04. The van der Waals surface area contributed by atoms with E-state index in [1.165, 1.54) is 5.56 Å². The molecular weight excluding hydrogens is 322 g/mol. The van der Waals surface area contributed by atoms with Gasteiger partial charge in [-0.05, 0) is 19.1 Å². The van der Waals surface area contributed by atoms with Crippen LogP contribution in [0.25, 0.3) is 11.5 Å². The number of nitrogens with zero attached hydrogens (tertiary/aromatic N) is 1. The predicted molar refractivity (Wildman–Crippen MR) is 97.1 cm³/mol. The highest BCUT2D eigenvalue weighted by Crippen LogP contribution is 2.19. The fourth-order valence-electron chi connectivity index (χ4n) is 2.63. The molecule has 1 aliphatic heterocycles. The van der Waals surface area contributed by atoms with E-state index in [1.54, 1.807) is 6.26 Å². The molecule has 1 aliphatic rings. The molecular formula is C18H23N3O2S. The first-order valence-corrected chi connectivity index (χ1v) is 9.45. The van der Waals surface area contributed by atoms with Crippen LogP contribution in [0.1, 0.15) is 17.7 Å². The summed E-state index contributed by atoms with van der Waals surface area (Å²) in [6.45, 7) is 3.62. The fourth-order valence-corrected chi connectivity index (χ4v) is 3.58. The Morgan fingerprint density at radius 2 is 2.25 bits per heavy atom. The Balaban J connectivity index is 1.43. The molecule has 0 radical (unpaired) electrons. The monoisotopic (exact) mass is 345 g/mol. The predicted octanol–water partition coefficient (Wildman–Crippen LogP) is 2.40. The van der Waals surface area contributed by atoms with Gasteiger partial charge in [0.1, 0.15) is 6.26 Å². The summed E-state index contributed by atoms with van der Waals surface area (Å²) in [4.78, 5) is 16.4. The van der Waals surface area contributed by atoms with Gasteiger partial charge < -0.3 is 15.1 Å². The van der Waals surface area contributed by atoms with Crippen molar-refractivity contribution in [3.8, 4) is 11.5 Å². The number of aryl methyl sites for hydroxylation is 1. The largest absolute Gasteiger partial charge is 0.444 e. The van der Waals surface area contributed by atoms with Crippen molar-refractivity contribution in [3.63, 3.8) is 0 Å². The second-order valence-electron chi connectivity index (χ2n) is 6.04. The topological polar surface area (TPSA) is 67.2 Å². The number of benzene rings is 1. The van der Waals surface area contributed by atoms with Crippen molar-refractivity contribution in [1.82, 2.24) is 15.6 Å². The molecule has 1 amide bonds. The van der Waals surface area contributed by atoms with Crippen molar-refractivity contribution >= 4 is 17.7 Å². The van der Waals surface area contributed by atoms with Gasteiger partial charge in [-0.3, -0.25) is 4.79 Å². The molecule has 2 aromatic rings. The number of oxazole rings is 1. The minimum Gasteiger partial charge on any atom is -0.444 e. The van der Waals surface area contributed by atoms with E-state index in [0.29, 0.717) is 31.3 Å². The summed E-state index contributed by atoms with van der Waals surface area (Å²) in [5, 5.41) is 6.34. The van der Waals surface area contributed by atoms with Gasteiger partial charge in [0.25, 0.3) is 0 Å². The van der Waals surface area contributed by atoms with E-state index >= 15 is 0 Å². The molecule has 1 aromatic heterocycles. The normalized spacial score (nSPS) is 17.6. The Kier molecular flexibility index (Phi) is 5.93. The molecule has 0 saturated carbocycles. The Morgan fingerprint density at radius 1 is 1.42 bits per heavy atom. The van der Waals surface area contributed by atoms with Gasteiger partial charge in [-0.15, -0.1) is 0 Å². The van der Waals surface area contributed by atoms with Gasteiger partial charge in [-0.2, -0.15) is 11.8 Å². The van der Waals surface area contributed by atoms with E-state index in [1.807, 2.05) is 36.0 Å². The lowest BCUT2D eigenvalue weighted by atomic mass is 10.1. The molecule has 24 heavy (non-hydrogen) atoms. The smallest absolute Gasteiger partial charge is 0.226 e. The van der Waals surface area contributed by atoms with Crippen LogP contribution in [0, 0.1) is 6.92 Å². The molecule has 1 aromatic carbocycles. The van der Waals surface area contributed by atoms with Crippen LogP contribution in [0.4, 0.5) is 0 Å². The number of thioether (sulfide) groups is 1. The summed E-state index contributed by atoms with van der Waals surface area (Å²) < 4.78 is 5.53. The van der Waals surface area contributed by atoms with Gasteiger partial charge in [0.15, 0.2) is 0 Å². The zero-order valence-electron chi connectivity index (χ0n) is 13.9. The minimum atomic E-state index is 0.0947. The molecule has 0 aliphatic carbocycles. The number of carbonyl (C=O) groups is 1. The van der Waals surface area contributed by atoms with Crippen molar-refractivity contribution in [2.24, 2.45) is 0 Å².